The number of phosphoric ester groups is 1. The summed E-state index contributed by atoms with van der Waals surface area (Å²) >= 11 is 0. The van der Waals surface area contributed by atoms with E-state index in [9.17, 15) is 19.0 Å². The summed E-state index contributed by atoms with van der Waals surface area (Å²) in [7, 11) is 1.49. The zero-order chi connectivity index (χ0) is 51.5. The number of nitrogens with one attached hydrogen (secondary N) is 1. The van der Waals surface area contributed by atoms with Gasteiger partial charge in [-0.2, -0.15) is 0 Å². The predicted molar refractivity (Wildman–Crippen MR) is 300 cm³/mol. The molecule has 0 aliphatic rings. The highest BCUT2D eigenvalue weighted by atomic mass is 31.2. The second kappa shape index (κ2) is 50.5. The number of rotatable bonds is 53. The van der Waals surface area contributed by atoms with Crippen LogP contribution in [0, 0.1) is 0 Å². The zero-order valence-corrected chi connectivity index (χ0v) is 47.7. The van der Waals surface area contributed by atoms with Crippen LogP contribution in [0.4, 0.5) is 0 Å². The molecule has 0 aliphatic carbocycles. The maximum Gasteiger partial charge on any atom is 0.472 e. The molecule has 0 spiro atoms. The fourth-order valence-electron chi connectivity index (χ4n) is 8.53. The molecular formula is C60H114N2O7P+. The molecule has 10 heteroatoms. The Morgan fingerprint density at radius 2 is 0.914 bits per heavy atom. The molecule has 0 saturated heterocycles. The van der Waals surface area contributed by atoms with Crippen LogP contribution in [0.15, 0.2) is 48.6 Å². The van der Waals surface area contributed by atoms with Crippen molar-refractivity contribution in [1.29, 1.82) is 0 Å². The van der Waals surface area contributed by atoms with E-state index in [0.29, 0.717) is 17.4 Å². The molecule has 410 valence electrons. The molecule has 1 amide bonds. The fraction of sp³-hybridized carbons (Fsp3) is 0.833. The van der Waals surface area contributed by atoms with Gasteiger partial charge in [0.05, 0.1) is 33.8 Å². The average Bonchev–Trinajstić information content (AvgIpc) is 3.32. The van der Waals surface area contributed by atoms with Gasteiger partial charge in [-0.3, -0.25) is 18.6 Å². The number of hydrogen-bond acceptors (Lipinski definition) is 6. The number of esters is 1. The van der Waals surface area contributed by atoms with Crippen LogP contribution in [-0.4, -0.2) is 74.3 Å². The average molecular weight is 1010 g/mol. The zero-order valence-electron chi connectivity index (χ0n) is 46.8. The molecule has 0 radical (unpaired) electrons. The maximum atomic E-state index is 13.5. The van der Waals surface area contributed by atoms with Crippen LogP contribution < -0.4 is 5.32 Å². The van der Waals surface area contributed by atoms with Crippen molar-refractivity contribution < 1.29 is 37.3 Å². The van der Waals surface area contributed by atoms with Gasteiger partial charge in [0.1, 0.15) is 19.3 Å². The van der Waals surface area contributed by atoms with Gasteiger partial charge >= 0.3 is 13.8 Å². The van der Waals surface area contributed by atoms with E-state index in [1.807, 2.05) is 33.3 Å². The molecule has 3 unspecified atom stereocenters. The van der Waals surface area contributed by atoms with Crippen LogP contribution in [-0.2, 0) is 27.9 Å². The summed E-state index contributed by atoms with van der Waals surface area (Å²) < 4.78 is 30.6. The second-order valence-corrected chi connectivity index (χ2v) is 22.7. The number of nitrogens with zero attached hydrogens (tertiary/aromatic N) is 1. The molecule has 0 fully saturated rings. The van der Waals surface area contributed by atoms with Crippen molar-refractivity contribution in [2.24, 2.45) is 0 Å². The quantitative estimate of drug-likeness (QED) is 0.0156. The molecule has 9 nitrogen and oxygen atoms in total. The van der Waals surface area contributed by atoms with E-state index in [1.54, 1.807) is 0 Å². The topological polar surface area (TPSA) is 111 Å². The Bertz CT molecular complexity index is 1340. The first-order valence-corrected chi connectivity index (χ1v) is 31.0. The van der Waals surface area contributed by atoms with Gasteiger partial charge in [-0.25, -0.2) is 4.57 Å². The minimum Gasteiger partial charge on any atom is -0.456 e. The summed E-state index contributed by atoms with van der Waals surface area (Å²) in [6, 6.07) is -0.850. The smallest absolute Gasteiger partial charge is 0.456 e. The van der Waals surface area contributed by atoms with Gasteiger partial charge in [-0.1, -0.05) is 256 Å². The number of hydrogen-bond donors (Lipinski definition) is 2. The minimum atomic E-state index is -4.44. The summed E-state index contributed by atoms with van der Waals surface area (Å²) in [4.78, 5) is 37.6. The lowest BCUT2D eigenvalue weighted by Gasteiger charge is -2.27. The van der Waals surface area contributed by atoms with Crippen molar-refractivity contribution in [1.82, 2.24) is 5.32 Å². The third kappa shape index (κ3) is 50.9. The summed E-state index contributed by atoms with van der Waals surface area (Å²) in [6.45, 7) is 6.90. The molecule has 70 heavy (non-hydrogen) atoms. The first-order chi connectivity index (χ1) is 33.9. The van der Waals surface area contributed by atoms with Crippen LogP contribution in [0.25, 0.3) is 0 Å². The number of ether oxygens (including phenoxy) is 1. The first-order valence-electron chi connectivity index (χ1n) is 29.5. The lowest BCUT2D eigenvalue weighted by atomic mass is 10.0. The molecule has 0 aromatic carbocycles. The number of quaternary nitrogens is 1. The number of amides is 1. The monoisotopic (exact) mass is 1010 g/mol. The van der Waals surface area contributed by atoms with Crippen LogP contribution in [0.5, 0.6) is 0 Å². The highest BCUT2D eigenvalue weighted by Crippen LogP contribution is 2.43. The summed E-state index contributed by atoms with van der Waals surface area (Å²) in [6.07, 6.45) is 61.0. The van der Waals surface area contributed by atoms with Crippen molar-refractivity contribution >= 4 is 19.7 Å². The van der Waals surface area contributed by atoms with E-state index in [2.05, 4.69) is 62.5 Å². The molecule has 2 N–H and O–H groups in total. The van der Waals surface area contributed by atoms with Gasteiger partial charge in [0, 0.05) is 12.8 Å². The number of phosphoric acid groups is 1. The number of carbonyl (C=O) groups excluding carboxylic acids is 2. The Morgan fingerprint density at radius 1 is 0.514 bits per heavy atom. The number of likely N-dealkylation sites (N-methyl/N-ethyl adjacent to an activating group) is 1. The summed E-state index contributed by atoms with van der Waals surface area (Å²) in [5, 5.41) is 3.05. The molecule has 0 aromatic rings. The Balaban J connectivity index is 5.34. The minimum absolute atomic E-state index is 0.0391. The summed E-state index contributed by atoms with van der Waals surface area (Å²) in [5.41, 5.74) is 0. The van der Waals surface area contributed by atoms with Gasteiger partial charge in [0.25, 0.3) is 0 Å². The van der Waals surface area contributed by atoms with E-state index in [4.69, 9.17) is 13.8 Å². The lowest BCUT2D eigenvalue weighted by Crippen LogP contribution is -2.47. The molecular weight excluding hydrogens is 892 g/mol. The number of carbonyl (C=O) groups is 2. The lowest BCUT2D eigenvalue weighted by molar-refractivity contribution is -0.870. The molecule has 0 bridgehead atoms. The van der Waals surface area contributed by atoms with Crippen molar-refractivity contribution in [2.45, 2.75) is 283 Å². The second-order valence-electron chi connectivity index (χ2n) is 21.2. The van der Waals surface area contributed by atoms with Crippen molar-refractivity contribution in [3.63, 3.8) is 0 Å². The Hall–Kier alpha value is -2.03. The first kappa shape index (κ1) is 68.0. The van der Waals surface area contributed by atoms with E-state index in [-0.39, 0.29) is 31.5 Å². The van der Waals surface area contributed by atoms with E-state index < -0.39 is 20.0 Å². The van der Waals surface area contributed by atoms with Gasteiger partial charge < -0.3 is 19.4 Å². The number of unbranched alkanes of at least 4 members (excludes halogenated alkanes) is 33. The SMILES string of the molecule is CC/C=C/C=C/C=C/CCCCCCCCCC(=O)OC(/C=C/CCCCCCCCCCCCC)C(COP(=O)(O)OCC[N+](C)(C)C)NC(=O)CCCCCCCCCCCCCCCCCC. The van der Waals surface area contributed by atoms with Crippen molar-refractivity contribution in [3.05, 3.63) is 48.6 Å². The normalized spacial score (nSPS) is 14.1. The van der Waals surface area contributed by atoms with Gasteiger partial charge in [-0.05, 0) is 51.0 Å². The van der Waals surface area contributed by atoms with E-state index in [0.717, 1.165) is 77.0 Å². The molecule has 0 aromatic heterocycles. The molecule has 0 heterocycles. The van der Waals surface area contributed by atoms with Crippen LogP contribution in [0.1, 0.15) is 271 Å². The third-order valence-electron chi connectivity index (χ3n) is 13.1. The van der Waals surface area contributed by atoms with Crippen molar-refractivity contribution in [2.75, 3.05) is 40.9 Å². The van der Waals surface area contributed by atoms with Gasteiger partial charge in [0.15, 0.2) is 0 Å². The summed E-state index contributed by atoms with van der Waals surface area (Å²) in [5.74, 6) is -0.510. The number of allylic oxidation sites excluding steroid dienone is 7. The predicted octanol–water partition coefficient (Wildman–Crippen LogP) is 17.7. The Morgan fingerprint density at radius 3 is 1.36 bits per heavy atom. The van der Waals surface area contributed by atoms with Gasteiger partial charge in [-0.15, -0.1) is 0 Å². The largest absolute Gasteiger partial charge is 0.472 e. The van der Waals surface area contributed by atoms with Crippen LogP contribution >= 0.6 is 7.82 Å². The van der Waals surface area contributed by atoms with Gasteiger partial charge in [0.2, 0.25) is 5.91 Å². The molecule has 0 rings (SSSR count). The molecule has 0 saturated carbocycles. The highest BCUT2D eigenvalue weighted by molar-refractivity contribution is 7.47. The van der Waals surface area contributed by atoms with Crippen molar-refractivity contribution in [3.8, 4) is 0 Å². The molecule has 0 aliphatic heterocycles. The standard InChI is InChI=1S/C60H113N2O7P/c1-7-10-13-16-19-22-25-28-30-32-34-37-40-43-46-49-52-59(63)61-57(56-68-70(65,66)67-55-54-62(4,5)6)58(51-48-45-42-39-36-33-27-24-21-18-15-12-9-3)69-60(64)53-50-47-44-41-38-35-31-29-26-23-20-17-14-11-8-2/h11,14,17,20,23,26,48,51,57-58H,7-10,12-13,15-16,18-19,21-22,24-25,27-47,49-50,52-56H2,1-6H3,(H-,61,63,65,66)/p+1/b14-11+,20-17+,26-23+,51-48+. The fourth-order valence-corrected chi connectivity index (χ4v) is 9.27. The third-order valence-corrected chi connectivity index (χ3v) is 14.1. The van der Waals surface area contributed by atoms with E-state index in [1.165, 1.54) is 161 Å². The highest BCUT2D eigenvalue weighted by Gasteiger charge is 2.30. The molecule has 3 atom stereocenters. The maximum absolute atomic E-state index is 13.5. The van der Waals surface area contributed by atoms with Crippen LogP contribution in [0.3, 0.4) is 0 Å². The Kier molecular flexibility index (Phi) is 49.0. The Labute approximate surface area is 433 Å². The van der Waals surface area contributed by atoms with E-state index >= 15 is 0 Å². The van der Waals surface area contributed by atoms with Crippen LogP contribution in [0.2, 0.25) is 0 Å².